The van der Waals surface area contributed by atoms with Crippen LogP contribution in [0.4, 0.5) is 11.4 Å². The lowest BCUT2D eigenvalue weighted by molar-refractivity contribution is 0.102. The lowest BCUT2D eigenvalue weighted by Crippen LogP contribution is -2.17. The minimum Gasteiger partial charge on any atom is -0.323 e. The smallest absolute Gasteiger partial charge is 0.259 e. The number of nitrogens with two attached hydrogens (primary N) is 1. The summed E-state index contributed by atoms with van der Waals surface area (Å²) in [5.74, 6) is 5.02. The number of nitrogens with one attached hydrogen (secondary N) is 2. The average molecular weight is 229 g/mol. The molecular formula is C11H11N5O. The molecule has 0 aliphatic rings. The zero-order valence-corrected chi connectivity index (χ0v) is 8.92. The topological polar surface area (TPSA) is 92.9 Å². The minimum atomic E-state index is -0.293. The van der Waals surface area contributed by atoms with Gasteiger partial charge in [-0.1, -0.05) is 0 Å². The Hall–Kier alpha value is -2.47. The largest absolute Gasteiger partial charge is 0.323 e. The maximum Gasteiger partial charge on any atom is 0.259 e. The third-order valence-corrected chi connectivity index (χ3v) is 2.14. The second-order valence-corrected chi connectivity index (χ2v) is 3.26. The Morgan fingerprint density at radius 3 is 2.71 bits per heavy atom. The van der Waals surface area contributed by atoms with Crippen molar-refractivity contribution >= 4 is 17.3 Å². The summed E-state index contributed by atoms with van der Waals surface area (Å²) in [6.07, 6.45) is 6.19. The fraction of sp³-hybridized carbons (Fsp3) is 0. The molecule has 0 spiro atoms. The van der Waals surface area contributed by atoms with E-state index in [4.69, 9.17) is 5.84 Å². The quantitative estimate of drug-likeness (QED) is 0.539. The molecule has 6 heteroatoms. The van der Waals surface area contributed by atoms with Gasteiger partial charge in [-0.05, 0) is 18.2 Å². The van der Waals surface area contributed by atoms with Gasteiger partial charge in [-0.3, -0.25) is 20.6 Å². The van der Waals surface area contributed by atoms with Crippen LogP contribution >= 0.6 is 0 Å². The molecule has 0 saturated carbocycles. The fourth-order valence-corrected chi connectivity index (χ4v) is 1.34. The molecule has 0 atom stereocenters. The monoisotopic (exact) mass is 229 g/mol. The van der Waals surface area contributed by atoms with Crippen molar-refractivity contribution in [1.29, 1.82) is 0 Å². The number of anilines is 2. The van der Waals surface area contributed by atoms with Gasteiger partial charge >= 0.3 is 0 Å². The molecule has 17 heavy (non-hydrogen) atoms. The highest BCUT2D eigenvalue weighted by Crippen LogP contribution is 2.14. The van der Waals surface area contributed by atoms with Crippen LogP contribution < -0.4 is 16.6 Å². The lowest BCUT2D eigenvalue weighted by Gasteiger charge is -2.08. The van der Waals surface area contributed by atoms with Gasteiger partial charge in [0.15, 0.2) is 0 Å². The Bertz CT molecular complexity index is 514. The molecule has 0 saturated heterocycles. The number of rotatable bonds is 3. The third kappa shape index (κ3) is 2.56. The van der Waals surface area contributed by atoms with Crippen molar-refractivity contribution in [2.24, 2.45) is 5.84 Å². The van der Waals surface area contributed by atoms with Gasteiger partial charge in [-0.2, -0.15) is 0 Å². The molecule has 2 heterocycles. The minimum absolute atomic E-state index is 0.293. The average Bonchev–Trinajstić information content (AvgIpc) is 2.40. The number of nitrogens with zero attached hydrogens (tertiary/aromatic N) is 2. The molecule has 1 amide bonds. The summed E-state index contributed by atoms with van der Waals surface area (Å²) >= 11 is 0. The van der Waals surface area contributed by atoms with Crippen LogP contribution in [0.1, 0.15) is 10.4 Å². The van der Waals surface area contributed by atoms with Crippen molar-refractivity contribution in [3.8, 4) is 0 Å². The van der Waals surface area contributed by atoms with E-state index in [1.54, 1.807) is 36.8 Å². The third-order valence-electron chi connectivity index (χ3n) is 2.14. The Morgan fingerprint density at radius 2 is 2.00 bits per heavy atom. The van der Waals surface area contributed by atoms with Crippen LogP contribution in [0.2, 0.25) is 0 Å². The van der Waals surface area contributed by atoms with Gasteiger partial charge < -0.3 is 10.7 Å². The number of hydrogen-bond donors (Lipinski definition) is 3. The van der Waals surface area contributed by atoms with E-state index in [9.17, 15) is 4.79 Å². The summed E-state index contributed by atoms with van der Waals surface area (Å²) in [5.41, 5.74) is 3.95. The Labute approximate surface area is 97.9 Å². The molecule has 2 aromatic rings. The van der Waals surface area contributed by atoms with Crippen molar-refractivity contribution < 1.29 is 4.79 Å². The first-order valence-corrected chi connectivity index (χ1v) is 4.93. The molecule has 4 N–H and O–H groups in total. The van der Waals surface area contributed by atoms with Crippen molar-refractivity contribution in [3.63, 3.8) is 0 Å². The fourth-order valence-electron chi connectivity index (χ4n) is 1.34. The van der Waals surface area contributed by atoms with Gasteiger partial charge in [0.1, 0.15) is 0 Å². The Kier molecular flexibility index (Phi) is 3.27. The number of pyridine rings is 2. The Balaban J connectivity index is 2.20. The number of carbonyl (C=O) groups excluding carboxylic acids is 1. The zero-order chi connectivity index (χ0) is 12.1. The molecule has 0 aliphatic heterocycles. The molecule has 2 aromatic heterocycles. The summed E-state index contributed by atoms with van der Waals surface area (Å²) in [7, 11) is 0. The van der Waals surface area contributed by atoms with Crippen LogP contribution in [0, 0.1) is 0 Å². The molecule has 0 radical (unpaired) electrons. The molecule has 0 fully saturated rings. The van der Waals surface area contributed by atoms with Crippen molar-refractivity contribution in [2.75, 3.05) is 10.7 Å². The molecule has 0 aliphatic carbocycles. The first-order valence-electron chi connectivity index (χ1n) is 4.93. The van der Waals surface area contributed by atoms with Gasteiger partial charge in [0.25, 0.3) is 5.91 Å². The second-order valence-electron chi connectivity index (χ2n) is 3.26. The summed E-state index contributed by atoms with van der Waals surface area (Å²) in [5, 5.41) is 2.70. The summed E-state index contributed by atoms with van der Waals surface area (Å²) in [6.45, 7) is 0. The SMILES string of the molecule is NNc1ccncc1C(=O)Nc1cccnc1. The maximum absolute atomic E-state index is 11.9. The van der Waals surface area contributed by atoms with Crippen LogP contribution in [0.15, 0.2) is 43.0 Å². The van der Waals surface area contributed by atoms with Gasteiger partial charge in [0.05, 0.1) is 23.1 Å². The van der Waals surface area contributed by atoms with Crippen LogP contribution in [0.5, 0.6) is 0 Å². The van der Waals surface area contributed by atoms with Gasteiger partial charge in [0.2, 0.25) is 0 Å². The lowest BCUT2D eigenvalue weighted by atomic mass is 10.2. The Morgan fingerprint density at radius 1 is 1.18 bits per heavy atom. The van der Waals surface area contributed by atoms with Gasteiger partial charge in [-0.25, -0.2) is 0 Å². The van der Waals surface area contributed by atoms with E-state index < -0.39 is 0 Å². The normalized spacial score (nSPS) is 9.71. The summed E-state index contributed by atoms with van der Waals surface area (Å²) in [6, 6.07) is 5.11. The van der Waals surface area contributed by atoms with Gasteiger partial charge in [-0.15, -0.1) is 0 Å². The van der Waals surface area contributed by atoms with Crippen LogP contribution in [-0.2, 0) is 0 Å². The first kappa shape index (κ1) is 11.0. The molecule has 2 rings (SSSR count). The van der Waals surface area contributed by atoms with E-state index in [0.717, 1.165) is 0 Å². The first-order chi connectivity index (χ1) is 8.31. The number of hydrogen-bond acceptors (Lipinski definition) is 5. The van der Waals surface area contributed by atoms with E-state index in [-0.39, 0.29) is 5.91 Å². The van der Waals surface area contributed by atoms with Crippen LogP contribution in [-0.4, -0.2) is 15.9 Å². The molecule has 0 bridgehead atoms. The highest BCUT2D eigenvalue weighted by Gasteiger charge is 2.10. The molecule has 0 unspecified atom stereocenters. The maximum atomic E-state index is 11.9. The van der Waals surface area contributed by atoms with Crippen LogP contribution in [0.25, 0.3) is 0 Å². The number of amides is 1. The summed E-state index contributed by atoms with van der Waals surface area (Å²) < 4.78 is 0. The van der Waals surface area contributed by atoms with Gasteiger partial charge in [0, 0.05) is 18.6 Å². The zero-order valence-electron chi connectivity index (χ0n) is 8.92. The van der Waals surface area contributed by atoms with E-state index in [1.165, 1.54) is 6.20 Å². The molecule has 6 nitrogen and oxygen atoms in total. The predicted molar refractivity (Wildman–Crippen MR) is 64.2 cm³/mol. The summed E-state index contributed by atoms with van der Waals surface area (Å²) in [4.78, 5) is 19.7. The van der Waals surface area contributed by atoms with Crippen molar-refractivity contribution in [2.45, 2.75) is 0 Å². The standard InChI is InChI=1S/C11H11N5O/c12-16-10-3-5-14-7-9(10)11(17)15-8-2-1-4-13-6-8/h1-7H,12H2,(H,14,16)(H,15,17). The number of hydrazine groups is 1. The molecule has 86 valence electrons. The van der Waals surface area contributed by atoms with Crippen LogP contribution in [0.3, 0.4) is 0 Å². The number of aromatic nitrogens is 2. The van der Waals surface area contributed by atoms with Crippen molar-refractivity contribution in [3.05, 3.63) is 48.5 Å². The van der Waals surface area contributed by atoms with E-state index in [2.05, 4.69) is 20.7 Å². The predicted octanol–water partition coefficient (Wildman–Crippen LogP) is 1.01. The molecular weight excluding hydrogens is 218 g/mol. The number of nitrogen functional groups attached to an aromatic ring is 1. The number of carbonyl (C=O) groups is 1. The van der Waals surface area contributed by atoms with Crippen molar-refractivity contribution in [1.82, 2.24) is 9.97 Å². The van der Waals surface area contributed by atoms with E-state index in [1.807, 2.05) is 0 Å². The highest BCUT2D eigenvalue weighted by atomic mass is 16.1. The van der Waals surface area contributed by atoms with E-state index in [0.29, 0.717) is 16.9 Å². The van der Waals surface area contributed by atoms with E-state index >= 15 is 0 Å². The second kappa shape index (κ2) is 5.04. The highest BCUT2D eigenvalue weighted by molar-refractivity contribution is 6.07. The molecule has 0 aromatic carbocycles.